The Morgan fingerprint density at radius 1 is 1.11 bits per heavy atom. The maximum Gasteiger partial charge on any atom is 0.229 e. The molecule has 196 valence electrons. The topological polar surface area (TPSA) is 97.8 Å². The summed E-state index contributed by atoms with van der Waals surface area (Å²) in [7, 11) is 4.70. The maximum atomic E-state index is 12.9. The summed E-state index contributed by atoms with van der Waals surface area (Å²) in [5.41, 5.74) is 1.73. The zero-order chi connectivity index (χ0) is 26.2. The minimum absolute atomic E-state index is 0.0570. The van der Waals surface area contributed by atoms with Gasteiger partial charge in [0.15, 0.2) is 11.5 Å². The molecular formula is C27H32ClN5O4. The van der Waals surface area contributed by atoms with E-state index in [1.165, 1.54) is 0 Å². The Balaban J connectivity index is 1.39. The predicted octanol–water partition coefficient (Wildman–Crippen LogP) is 4.47. The van der Waals surface area contributed by atoms with Crippen molar-refractivity contribution in [3.63, 3.8) is 0 Å². The normalized spacial score (nSPS) is 15.1. The van der Waals surface area contributed by atoms with Crippen LogP contribution in [0.3, 0.4) is 0 Å². The lowest BCUT2D eigenvalue weighted by atomic mass is 9.97. The molecule has 2 N–H and O–H groups in total. The summed E-state index contributed by atoms with van der Waals surface area (Å²) in [5.74, 6) is 2.70. The molecule has 4 rings (SSSR count). The molecule has 1 amide bonds. The number of nitrogens with one attached hydrogen (secondary N) is 2. The summed E-state index contributed by atoms with van der Waals surface area (Å²) in [4.78, 5) is 24.1. The highest BCUT2D eigenvalue weighted by Crippen LogP contribution is 2.40. The monoisotopic (exact) mass is 525 g/mol. The first kappa shape index (κ1) is 26.3. The smallest absolute Gasteiger partial charge is 0.229 e. The quantitative estimate of drug-likeness (QED) is 0.400. The fourth-order valence-electron chi connectivity index (χ4n) is 4.43. The first-order valence-electron chi connectivity index (χ1n) is 12.2. The van der Waals surface area contributed by atoms with Crippen molar-refractivity contribution in [2.24, 2.45) is 5.92 Å². The van der Waals surface area contributed by atoms with E-state index in [1.54, 1.807) is 39.7 Å². The number of hydrogen-bond acceptors (Lipinski definition) is 8. The van der Waals surface area contributed by atoms with Gasteiger partial charge in [0, 0.05) is 48.7 Å². The second-order valence-corrected chi connectivity index (χ2v) is 9.10. The molecular weight excluding hydrogens is 494 g/mol. The fraction of sp³-hybridized carbons (Fsp3) is 0.370. The summed E-state index contributed by atoms with van der Waals surface area (Å²) < 4.78 is 16.3. The van der Waals surface area contributed by atoms with Crippen LogP contribution in [0.15, 0.2) is 48.7 Å². The molecule has 1 aliphatic heterocycles. The van der Waals surface area contributed by atoms with Gasteiger partial charge in [-0.15, -0.1) is 0 Å². The second kappa shape index (κ2) is 12.5. The van der Waals surface area contributed by atoms with Gasteiger partial charge in [-0.3, -0.25) is 4.79 Å². The van der Waals surface area contributed by atoms with E-state index in [9.17, 15) is 4.79 Å². The van der Waals surface area contributed by atoms with Crippen molar-refractivity contribution in [2.75, 3.05) is 51.2 Å². The Labute approximate surface area is 222 Å². The van der Waals surface area contributed by atoms with Gasteiger partial charge in [0.2, 0.25) is 17.6 Å². The highest BCUT2D eigenvalue weighted by molar-refractivity contribution is 6.31. The highest BCUT2D eigenvalue weighted by Gasteiger charge is 2.26. The average Bonchev–Trinajstić information content (AvgIpc) is 2.93. The summed E-state index contributed by atoms with van der Waals surface area (Å²) in [6.45, 7) is 1.97. The Hall–Kier alpha value is -3.72. The minimum atomic E-state index is -0.110. The molecule has 1 fully saturated rings. The number of carbonyl (C=O) groups excluding carboxylic acids is 1. The van der Waals surface area contributed by atoms with Gasteiger partial charge < -0.3 is 29.7 Å². The van der Waals surface area contributed by atoms with Gasteiger partial charge in [-0.2, -0.15) is 4.98 Å². The number of aromatic nitrogens is 2. The number of methoxy groups -OCH3 is 3. The van der Waals surface area contributed by atoms with E-state index in [0.717, 1.165) is 35.8 Å². The van der Waals surface area contributed by atoms with Crippen LogP contribution in [0, 0.1) is 5.92 Å². The Bertz CT molecular complexity index is 1200. The molecule has 2 aromatic carbocycles. The second-order valence-electron chi connectivity index (χ2n) is 8.70. The van der Waals surface area contributed by atoms with Gasteiger partial charge >= 0.3 is 0 Å². The number of benzene rings is 2. The minimum Gasteiger partial charge on any atom is -0.493 e. The molecule has 1 aliphatic rings. The van der Waals surface area contributed by atoms with Crippen molar-refractivity contribution >= 4 is 35.0 Å². The molecule has 0 bridgehead atoms. The van der Waals surface area contributed by atoms with E-state index in [0.29, 0.717) is 48.4 Å². The first-order chi connectivity index (χ1) is 18.0. The van der Waals surface area contributed by atoms with Gasteiger partial charge in [-0.05, 0) is 37.0 Å². The van der Waals surface area contributed by atoms with Crippen molar-refractivity contribution in [3.05, 3.63) is 59.2 Å². The van der Waals surface area contributed by atoms with Crippen LogP contribution in [-0.2, 0) is 11.2 Å². The van der Waals surface area contributed by atoms with Crippen LogP contribution >= 0.6 is 11.6 Å². The van der Waals surface area contributed by atoms with Crippen molar-refractivity contribution in [2.45, 2.75) is 19.3 Å². The van der Waals surface area contributed by atoms with Crippen LogP contribution in [0.4, 0.5) is 17.5 Å². The van der Waals surface area contributed by atoms with Crippen LogP contribution in [-0.4, -0.2) is 56.8 Å². The number of amides is 1. The third-order valence-corrected chi connectivity index (χ3v) is 6.70. The molecule has 1 aromatic heterocycles. The average molecular weight is 526 g/mol. The molecule has 3 aromatic rings. The number of nitrogens with zero attached hydrogens (tertiary/aromatic N) is 3. The summed E-state index contributed by atoms with van der Waals surface area (Å²) in [6, 6.07) is 13.1. The third-order valence-electron chi connectivity index (χ3n) is 6.33. The number of rotatable bonds is 10. The Morgan fingerprint density at radius 3 is 2.57 bits per heavy atom. The van der Waals surface area contributed by atoms with Gasteiger partial charge in [0.25, 0.3) is 0 Å². The lowest BCUT2D eigenvalue weighted by molar-refractivity contribution is -0.125. The van der Waals surface area contributed by atoms with Gasteiger partial charge in [0.05, 0.1) is 27.2 Å². The lowest BCUT2D eigenvalue weighted by Gasteiger charge is -2.33. The van der Waals surface area contributed by atoms with E-state index >= 15 is 0 Å². The van der Waals surface area contributed by atoms with Crippen LogP contribution in [0.25, 0.3) is 0 Å². The SMILES string of the molecule is COc1cc(Nc2nccc(N3CCCC(C(=O)NCCc4ccccc4Cl)C3)n2)cc(OC)c1OC. The molecule has 0 aliphatic carbocycles. The molecule has 2 heterocycles. The van der Waals surface area contributed by atoms with Crippen LogP contribution in [0.2, 0.25) is 5.02 Å². The lowest BCUT2D eigenvalue weighted by Crippen LogP contribution is -2.43. The third kappa shape index (κ3) is 6.54. The maximum absolute atomic E-state index is 12.9. The van der Waals surface area contributed by atoms with Crippen molar-refractivity contribution in [1.82, 2.24) is 15.3 Å². The summed E-state index contributed by atoms with van der Waals surface area (Å²) in [5, 5.41) is 7.01. The fourth-order valence-corrected chi connectivity index (χ4v) is 4.66. The van der Waals surface area contributed by atoms with Crippen molar-refractivity contribution in [3.8, 4) is 17.2 Å². The molecule has 1 saturated heterocycles. The van der Waals surface area contributed by atoms with E-state index in [-0.39, 0.29) is 11.8 Å². The highest BCUT2D eigenvalue weighted by atomic mass is 35.5. The van der Waals surface area contributed by atoms with E-state index in [2.05, 4.69) is 20.5 Å². The molecule has 1 atom stereocenters. The number of carbonyl (C=O) groups is 1. The van der Waals surface area contributed by atoms with Gasteiger partial charge in [0.1, 0.15) is 5.82 Å². The molecule has 10 heteroatoms. The summed E-state index contributed by atoms with van der Waals surface area (Å²) in [6.07, 6.45) is 4.15. The molecule has 0 saturated carbocycles. The van der Waals surface area contributed by atoms with Crippen molar-refractivity contribution < 1.29 is 19.0 Å². The molecule has 0 spiro atoms. The van der Waals surface area contributed by atoms with Crippen LogP contribution < -0.4 is 29.7 Å². The van der Waals surface area contributed by atoms with Gasteiger partial charge in [-0.1, -0.05) is 29.8 Å². The predicted molar refractivity (Wildman–Crippen MR) is 145 cm³/mol. The molecule has 0 radical (unpaired) electrons. The molecule has 1 unspecified atom stereocenters. The zero-order valence-corrected chi connectivity index (χ0v) is 22.0. The Kier molecular flexibility index (Phi) is 8.90. The number of piperidine rings is 1. The number of ether oxygens (including phenoxy) is 3. The number of halogens is 1. The van der Waals surface area contributed by atoms with Crippen LogP contribution in [0.5, 0.6) is 17.2 Å². The number of hydrogen-bond donors (Lipinski definition) is 2. The summed E-state index contributed by atoms with van der Waals surface area (Å²) >= 11 is 6.23. The van der Waals surface area contributed by atoms with Crippen LogP contribution in [0.1, 0.15) is 18.4 Å². The van der Waals surface area contributed by atoms with E-state index < -0.39 is 0 Å². The Morgan fingerprint density at radius 2 is 1.86 bits per heavy atom. The largest absolute Gasteiger partial charge is 0.493 e. The number of anilines is 3. The van der Waals surface area contributed by atoms with Gasteiger partial charge in [-0.25, -0.2) is 4.98 Å². The first-order valence-corrected chi connectivity index (χ1v) is 12.6. The standard InChI is InChI=1S/C27H32ClN5O4/c1-35-22-15-20(16-23(36-2)25(22)37-3)31-27-30-13-11-24(32-27)33-14-6-8-19(17-33)26(34)29-12-10-18-7-4-5-9-21(18)28/h4-5,7,9,11,13,15-16,19H,6,8,10,12,14,17H2,1-3H3,(H,29,34)(H,30,31,32). The zero-order valence-electron chi connectivity index (χ0n) is 21.3. The molecule has 9 nitrogen and oxygen atoms in total. The van der Waals surface area contributed by atoms with E-state index in [1.807, 2.05) is 30.3 Å². The van der Waals surface area contributed by atoms with Crippen molar-refractivity contribution in [1.29, 1.82) is 0 Å². The molecule has 37 heavy (non-hydrogen) atoms. The van der Waals surface area contributed by atoms with E-state index in [4.69, 9.17) is 30.8 Å².